The first-order valence-corrected chi connectivity index (χ1v) is 9.12. The van der Waals surface area contributed by atoms with Crippen LogP contribution in [0.3, 0.4) is 0 Å². The number of anilines is 1. The van der Waals surface area contributed by atoms with Crippen molar-refractivity contribution in [1.82, 2.24) is 5.32 Å². The zero-order chi connectivity index (χ0) is 16.5. The van der Waals surface area contributed by atoms with Crippen LogP contribution in [0.25, 0.3) is 0 Å². The lowest BCUT2D eigenvalue weighted by molar-refractivity contribution is -0.140. The predicted molar refractivity (Wildman–Crippen MR) is 101 cm³/mol. The molecular weight excluding hydrogens is 348 g/mol. The number of piperidine rings is 1. The van der Waals surface area contributed by atoms with Crippen LogP contribution >= 0.6 is 24.2 Å². The van der Waals surface area contributed by atoms with E-state index >= 15 is 0 Å². The average Bonchev–Trinajstić information content (AvgIpc) is 2.59. The van der Waals surface area contributed by atoms with Crippen LogP contribution in [0.5, 0.6) is 0 Å². The molecule has 5 nitrogen and oxygen atoms in total. The normalized spacial score (nSPS) is 16.8. The Kier molecular flexibility index (Phi) is 9.83. The molecule has 1 amide bonds. The van der Waals surface area contributed by atoms with Crippen LogP contribution in [0.1, 0.15) is 31.2 Å². The summed E-state index contributed by atoms with van der Waals surface area (Å²) in [7, 11) is 1.40. The van der Waals surface area contributed by atoms with Gasteiger partial charge in [0, 0.05) is 17.2 Å². The largest absolute Gasteiger partial charge is 0.469 e. The topological polar surface area (TPSA) is 67.4 Å². The van der Waals surface area contributed by atoms with Crippen LogP contribution in [0.15, 0.2) is 24.3 Å². The fourth-order valence-corrected chi connectivity index (χ4v) is 3.36. The van der Waals surface area contributed by atoms with Gasteiger partial charge >= 0.3 is 5.97 Å². The number of hydrogen-bond donors (Lipinski definition) is 2. The van der Waals surface area contributed by atoms with Gasteiger partial charge in [0.15, 0.2) is 0 Å². The maximum Gasteiger partial charge on any atom is 0.306 e. The highest BCUT2D eigenvalue weighted by Gasteiger charge is 2.20. The molecule has 1 saturated heterocycles. The van der Waals surface area contributed by atoms with Gasteiger partial charge in [-0.1, -0.05) is 18.6 Å². The van der Waals surface area contributed by atoms with Gasteiger partial charge in [-0.15, -0.1) is 12.4 Å². The van der Waals surface area contributed by atoms with Crippen molar-refractivity contribution in [3.63, 3.8) is 0 Å². The number of ether oxygens (including phenoxy) is 1. The minimum atomic E-state index is -0.182. The molecule has 7 heteroatoms. The second kappa shape index (κ2) is 11.3. The Bertz CT molecular complexity index is 536. The molecule has 1 aliphatic rings. The van der Waals surface area contributed by atoms with Crippen molar-refractivity contribution < 1.29 is 14.3 Å². The van der Waals surface area contributed by atoms with Gasteiger partial charge in [0.25, 0.3) is 0 Å². The lowest BCUT2D eigenvalue weighted by atomic mass is 10.0. The third kappa shape index (κ3) is 7.11. The number of rotatable bonds is 7. The van der Waals surface area contributed by atoms with E-state index in [0.717, 1.165) is 48.6 Å². The van der Waals surface area contributed by atoms with Crippen molar-refractivity contribution in [1.29, 1.82) is 0 Å². The molecule has 1 aromatic rings. The molecule has 134 valence electrons. The standard InChI is InChI=1S/C17H24N2O3S.ClH/c1-22-16(20)8-10-23-12-13-5-4-6-14(11-13)19-17(21)15-7-2-3-9-18-15;/h4-6,11,15,18H,2-3,7-10,12H2,1H3,(H,19,21);1H. The van der Waals surface area contributed by atoms with Gasteiger partial charge in [0.1, 0.15) is 0 Å². The molecule has 0 spiro atoms. The highest BCUT2D eigenvalue weighted by molar-refractivity contribution is 7.98. The molecule has 2 N–H and O–H groups in total. The van der Waals surface area contributed by atoms with E-state index in [0.29, 0.717) is 6.42 Å². The third-order valence-electron chi connectivity index (χ3n) is 3.77. The minimum absolute atomic E-state index is 0. The van der Waals surface area contributed by atoms with Crippen molar-refractivity contribution in [2.75, 3.05) is 24.7 Å². The fourth-order valence-electron chi connectivity index (χ4n) is 2.49. The Hall–Kier alpha value is -1.24. The number of thioether (sulfide) groups is 1. The highest BCUT2D eigenvalue weighted by Crippen LogP contribution is 2.18. The Labute approximate surface area is 153 Å². The smallest absolute Gasteiger partial charge is 0.306 e. The number of esters is 1. The Balaban J connectivity index is 0.00000288. The van der Waals surface area contributed by atoms with Gasteiger partial charge in [-0.05, 0) is 37.1 Å². The maximum atomic E-state index is 12.2. The summed E-state index contributed by atoms with van der Waals surface area (Å²) in [6.07, 6.45) is 3.56. The number of benzene rings is 1. The van der Waals surface area contributed by atoms with Crippen molar-refractivity contribution in [3.05, 3.63) is 29.8 Å². The summed E-state index contributed by atoms with van der Waals surface area (Å²) >= 11 is 1.68. The number of methoxy groups -OCH3 is 1. The molecule has 0 aromatic heterocycles. The number of amides is 1. The van der Waals surface area contributed by atoms with Crippen LogP contribution < -0.4 is 10.6 Å². The van der Waals surface area contributed by atoms with Crippen LogP contribution in [0.2, 0.25) is 0 Å². The minimum Gasteiger partial charge on any atom is -0.469 e. The molecule has 1 aliphatic heterocycles. The predicted octanol–water partition coefficient (Wildman–Crippen LogP) is 2.99. The number of nitrogens with one attached hydrogen (secondary N) is 2. The van der Waals surface area contributed by atoms with Crippen molar-refractivity contribution in [2.45, 2.75) is 37.5 Å². The molecule has 24 heavy (non-hydrogen) atoms. The van der Waals surface area contributed by atoms with Crippen molar-refractivity contribution >= 4 is 41.7 Å². The summed E-state index contributed by atoms with van der Waals surface area (Å²) in [5, 5.41) is 6.24. The molecule has 0 saturated carbocycles. The van der Waals surface area contributed by atoms with Crippen LogP contribution in [0, 0.1) is 0 Å². The van der Waals surface area contributed by atoms with Crippen molar-refractivity contribution in [3.8, 4) is 0 Å². The third-order valence-corrected chi connectivity index (χ3v) is 4.80. The summed E-state index contributed by atoms with van der Waals surface area (Å²) in [6, 6.07) is 7.79. The Morgan fingerprint density at radius 3 is 2.92 bits per heavy atom. The molecule has 1 unspecified atom stereocenters. The van der Waals surface area contributed by atoms with Gasteiger partial charge in [-0.2, -0.15) is 11.8 Å². The van der Waals surface area contributed by atoms with Gasteiger partial charge in [0.05, 0.1) is 19.6 Å². The van der Waals surface area contributed by atoms with Crippen LogP contribution in [-0.2, 0) is 20.1 Å². The first-order valence-electron chi connectivity index (χ1n) is 7.97. The molecule has 2 rings (SSSR count). The van der Waals surface area contributed by atoms with Gasteiger partial charge in [-0.3, -0.25) is 9.59 Å². The summed E-state index contributed by atoms with van der Waals surface area (Å²) in [6.45, 7) is 0.912. The molecule has 1 atom stereocenters. The molecule has 0 aliphatic carbocycles. The second-order valence-corrected chi connectivity index (χ2v) is 6.68. The van der Waals surface area contributed by atoms with Gasteiger partial charge in [0.2, 0.25) is 5.91 Å². The van der Waals surface area contributed by atoms with Gasteiger partial charge < -0.3 is 15.4 Å². The maximum absolute atomic E-state index is 12.2. The summed E-state index contributed by atoms with van der Waals surface area (Å²) in [5.41, 5.74) is 1.96. The summed E-state index contributed by atoms with van der Waals surface area (Å²) < 4.78 is 4.62. The zero-order valence-corrected chi connectivity index (χ0v) is 15.5. The van der Waals surface area contributed by atoms with Gasteiger partial charge in [-0.25, -0.2) is 0 Å². The SMILES string of the molecule is COC(=O)CCSCc1cccc(NC(=O)C2CCCCN2)c1.Cl. The van der Waals surface area contributed by atoms with E-state index < -0.39 is 0 Å². The molecule has 1 heterocycles. The van der Waals surface area contributed by atoms with Crippen molar-refractivity contribution in [2.24, 2.45) is 0 Å². The van der Waals surface area contributed by atoms with E-state index in [1.165, 1.54) is 7.11 Å². The van der Waals surface area contributed by atoms with E-state index in [2.05, 4.69) is 15.4 Å². The number of carbonyl (C=O) groups is 2. The zero-order valence-electron chi connectivity index (χ0n) is 13.9. The van der Waals surface area contributed by atoms with Crippen LogP contribution in [0.4, 0.5) is 5.69 Å². The number of hydrogen-bond acceptors (Lipinski definition) is 5. The molecule has 1 aromatic carbocycles. The van der Waals surface area contributed by atoms with E-state index in [-0.39, 0.29) is 30.3 Å². The molecule has 0 bridgehead atoms. The average molecular weight is 373 g/mol. The van der Waals surface area contributed by atoms with E-state index in [4.69, 9.17) is 0 Å². The molecular formula is C17H25ClN2O3S. The molecule has 0 radical (unpaired) electrons. The van der Waals surface area contributed by atoms with E-state index in [9.17, 15) is 9.59 Å². The lowest BCUT2D eigenvalue weighted by Gasteiger charge is -2.22. The first-order chi connectivity index (χ1) is 11.2. The van der Waals surface area contributed by atoms with Crippen LogP contribution in [-0.4, -0.2) is 37.3 Å². The summed E-state index contributed by atoms with van der Waals surface area (Å²) in [5.74, 6) is 1.40. The number of carbonyl (C=O) groups excluding carboxylic acids is 2. The summed E-state index contributed by atoms with van der Waals surface area (Å²) in [4.78, 5) is 23.3. The van der Waals surface area contributed by atoms with E-state index in [1.807, 2.05) is 24.3 Å². The molecule has 1 fully saturated rings. The Morgan fingerprint density at radius 2 is 2.21 bits per heavy atom. The fraction of sp³-hybridized carbons (Fsp3) is 0.529. The highest BCUT2D eigenvalue weighted by atomic mass is 35.5. The Morgan fingerprint density at radius 1 is 1.38 bits per heavy atom. The second-order valence-electron chi connectivity index (χ2n) is 5.57. The van der Waals surface area contributed by atoms with E-state index in [1.54, 1.807) is 11.8 Å². The lowest BCUT2D eigenvalue weighted by Crippen LogP contribution is -2.43. The quantitative estimate of drug-likeness (QED) is 0.569. The first kappa shape index (κ1) is 20.8. The number of halogens is 1. The monoisotopic (exact) mass is 372 g/mol.